The minimum absolute atomic E-state index is 0.185. The highest BCUT2D eigenvalue weighted by Gasteiger charge is 2.37. The zero-order valence-electron chi connectivity index (χ0n) is 12.8. The molecule has 1 atom stereocenters. The van der Waals surface area contributed by atoms with Crippen LogP contribution in [0.25, 0.3) is 0 Å². The number of nitriles is 1. The van der Waals surface area contributed by atoms with Crippen molar-refractivity contribution in [1.82, 2.24) is 5.32 Å². The monoisotopic (exact) mass is 288 g/mol. The van der Waals surface area contributed by atoms with Gasteiger partial charge in [-0.1, -0.05) is 57.0 Å². The molecule has 0 spiro atoms. The predicted octanol–water partition coefficient (Wildman–Crippen LogP) is 2.95. The van der Waals surface area contributed by atoms with E-state index >= 15 is 0 Å². The molecule has 1 amide bonds. The molecule has 0 aliphatic heterocycles. The highest BCUT2D eigenvalue weighted by Crippen LogP contribution is 2.30. The van der Waals surface area contributed by atoms with Crippen LogP contribution in [0.2, 0.25) is 0 Å². The van der Waals surface area contributed by atoms with Crippen molar-refractivity contribution < 1.29 is 9.90 Å². The molecule has 0 fully saturated rings. The van der Waals surface area contributed by atoms with E-state index in [0.717, 1.165) is 18.4 Å². The van der Waals surface area contributed by atoms with Crippen molar-refractivity contribution >= 4 is 5.91 Å². The summed E-state index contributed by atoms with van der Waals surface area (Å²) in [7, 11) is 0. The average molecular weight is 288 g/mol. The van der Waals surface area contributed by atoms with Crippen LogP contribution >= 0.6 is 0 Å². The minimum atomic E-state index is -0.994. The number of rotatable bonds is 8. The van der Waals surface area contributed by atoms with E-state index < -0.39 is 11.5 Å². The van der Waals surface area contributed by atoms with Crippen molar-refractivity contribution in [3.8, 4) is 6.07 Å². The number of benzene rings is 1. The molecule has 0 bridgehead atoms. The zero-order valence-corrected chi connectivity index (χ0v) is 12.8. The fourth-order valence-electron chi connectivity index (χ4n) is 2.58. The Labute approximate surface area is 126 Å². The lowest BCUT2D eigenvalue weighted by Gasteiger charge is -2.27. The summed E-state index contributed by atoms with van der Waals surface area (Å²) in [6.45, 7) is 3.75. The van der Waals surface area contributed by atoms with E-state index in [1.807, 2.05) is 44.2 Å². The van der Waals surface area contributed by atoms with Crippen molar-refractivity contribution in [2.24, 2.45) is 5.41 Å². The van der Waals surface area contributed by atoms with Gasteiger partial charge in [0.05, 0.1) is 18.7 Å². The number of aliphatic hydroxyl groups excluding tert-OH is 1. The van der Waals surface area contributed by atoms with E-state index in [-0.39, 0.29) is 12.5 Å². The maximum Gasteiger partial charge on any atom is 0.241 e. The van der Waals surface area contributed by atoms with Gasteiger partial charge < -0.3 is 10.4 Å². The van der Waals surface area contributed by atoms with Gasteiger partial charge in [-0.15, -0.1) is 0 Å². The summed E-state index contributed by atoms with van der Waals surface area (Å²) in [6, 6.07) is 11.0. The number of hydrogen-bond donors (Lipinski definition) is 2. The third-order valence-corrected chi connectivity index (χ3v) is 3.69. The quantitative estimate of drug-likeness (QED) is 0.772. The molecule has 0 saturated carbocycles. The van der Waals surface area contributed by atoms with Gasteiger partial charge in [0.25, 0.3) is 0 Å². The standard InChI is InChI=1S/C17H24N2O2/c1-3-10-17(13-18,11-4-2)16(21)19-15(12-20)14-8-6-5-7-9-14/h5-9,15,20H,3-4,10-12H2,1-2H3,(H,19,21)/t15-/m0/s1. The van der Waals surface area contributed by atoms with E-state index in [1.165, 1.54) is 0 Å². The second-order valence-corrected chi connectivity index (χ2v) is 5.31. The van der Waals surface area contributed by atoms with Crippen LogP contribution in [0.3, 0.4) is 0 Å². The van der Waals surface area contributed by atoms with E-state index in [2.05, 4.69) is 11.4 Å². The number of amides is 1. The van der Waals surface area contributed by atoms with Gasteiger partial charge in [0.1, 0.15) is 5.41 Å². The molecule has 1 aromatic rings. The fourth-order valence-corrected chi connectivity index (χ4v) is 2.58. The number of aliphatic hydroxyl groups is 1. The lowest BCUT2D eigenvalue weighted by atomic mass is 9.79. The SMILES string of the molecule is CCCC(C#N)(CCC)C(=O)N[C@@H](CO)c1ccccc1. The summed E-state index contributed by atoms with van der Waals surface area (Å²) in [5.41, 5.74) is -0.153. The molecular weight excluding hydrogens is 264 g/mol. The van der Waals surface area contributed by atoms with Crippen LogP contribution in [0, 0.1) is 16.7 Å². The van der Waals surface area contributed by atoms with Crippen LogP contribution in [-0.4, -0.2) is 17.6 Å². The van der Waals surface area contributed by atoms with Crippen molar-refractivity contribution in [2.75, 3.05) is 6.61 Å². The zero-order chi connectivity index (χ0) is 15.7. The van der Waals surface area contributed by atoms with Crippen LogP contribution in [0.4, 0.5) is 0 Å². The molecule has 0 aromatic heterocycles. The first-order valence-corrected chi connectivity index (χ1v) is 7.51. The summed E-state index contributed by atoms with van der Waals surface area (Å²) < 4.78 is 0. The summed E-state index contributed by atoms with van der Waals surface area (Å²) in [4.78, 5) is 12.6. The van der Waals surface area contributed by atoms with Gasteiger partial charge in [-0.2, -0.15) is 5.26 Å². The Morgan fingerprint density at radius 3 is 2.29 bits per heavy atom. The molecule has 1 aromatic carbocycles. The lowest BCUT2D eigenvalue weighted by Crippen LogP contribution is -2.42. The largest absolute Gasteiger partial charge is 0.394 e. The Hall–Kier alpha value is -1.86. The third kappa shape index (κ3) is 4.30. The first-order chi connectivity index (χ1) is 10.1. The Kier molecular flexibility index (Phi) is 6.90. The number of carbonyl (C=O) groups is 1. The Morgan fingerprint density at radius 1 is 1.29 bits per heavy atom. The van der Waals surface area contributed by atoms with Gasteiger partial charge >= 0.3 is 0 Å². The summed E-state index contributed by atoms with van der Waals surface area (Å²) in [5, 5.41) is 21.9. The average Bonchev–Trinajstić information content (AvgIpc) is 2.52. The first-order valence-electron chi connectivity index (χ1n) is 7.51. The van der Waals surface area contributed by atoms with Crippen LogP contribution in [-0.2, 0) is 4.79 Å². The number of carbonyl (C=O) groups excluding carboxylic acids is 1. The molecule has 4 heteroatoms. The van der Waals surface area contributed by atoms with Crippen molar-refractivity contribution in [2.45, 2.75) is 45.6 Å². The second kappa shape index (κ2) is 8.43. The second-order valence-electron chi connectivity index (χ2n) is 5.31. The molecular formula is C17H24N2O2. The molecule has 0 aliphatic rings. The van der Waals surface area contributed by atoms with E-state index in [0.29, 0.717) is 12.8 Å². The van der Waals surface area contributed by atoms with E-state index in [4.69, 9.17) is 0 Å². The molecule has 4 nitrogen and oxygen atoms in total. The molecule has 0 unspecified atom stereocenters. The van der Waals surface area contributed by atoms with Gasteiger partial charge in [-0.3, -0.25) is 4.79 Å². The number of hydrogen-bond acceptors (Lipinski definition) is 3. The topological polar surface area (TPSA) is 73.1 Å². The Morgan fingerprint density at radius 2 is 1.86 bits per heavy atom. The van der Waals surface area contributed by atoms with Crippen molar-refractivity contribution in [3.05, 3.63) is 35.9 Å². The van der Waals surface area contributed by atoms with Gasteiger partial charge in [-0.25, -0.2) is 0 Å². The number of nitrogens with zero attached hydrogens (tertiary/aromatic N) is 1. The van der Waals surface area contributed by atoms with Crippen LogP contribution in [0.15, 0.2) is 30.3 Å². The van der Waals surface area contributed by atoms with Gasteiger partial charge in [0.15, 0.2) is 0 Å². The Bertz CT molecular complexity index is 473. The van der Waals surface area contributed by atoms with Crippen LogP contribution in [0.1, 0.15) is 51.1 Å². The predicted molar refractivity (Wildman–Crippen MR) is 82.3 cm³/mol. The summed E-state index contributed by atoms with van der Waals surface area (Å²) in [5.74, 6) is -0.281. The highest BCUT2D eigenvalue weighted by atomic mass is 16.3. The van der Waals surface area contributed by atoms with Gasteiger partial charge in [0.2, 0.25) is 5.91 Å². The first kappa shape index (κ1) is 17.2. The van der Waals surface area contributed by atoms with E-state index in [9.17, 15) is 15.2 Å². The van der Waals surface area contributed by atoms with Crippen molar-refractivity contribution in [1.29, 1.82) is 5.26 Å². The lowest BCUT2D eigenvalue weighted by molar-refractivity contribution is -0.130. The third-order valence-electron chi connectivity index (χ3n) is 3.69. The number of nitrogens with one attached hydrogen (secondary N) is 1. The fraction of sp³-hybridized carbons (Fsp3) is 0.529. The summed E-state index contributed by atoms with van der Waals surface area (Å²) in [6.07, 6.45) is 2.62. The molecule has 0 aliphatic carbocycles. The molecule has 0 radical (unpaired) electrons. The molecule has 0 saturated heterocycles. The normalized spacial score (nSPS) is 12.5. The van der Waals surface area contributed by atoms with Gasteiger partial charge in [-0.05, 0) is 18.4 Å². The maximum absolute atomic E-state index is 12.6. The van der Waals surface area contributed by atoms with Crippen LogP contribution < -0.4 is 5.32 Å². The minimum Gasteiger partial charge on any atom is -0.394 e. The van der Waals surface area contributed by atoms with Crippen LogP contribution in [0.5, 0.6) is 0 Å². The molecule has 21 heavy (non-hydrogen) atoms. The van der Waals surface area contributed by atoms with Crippen molar-refractivity contribution in [3.63, 3.8) is 0 Å². The van der Waals surface area contributed by atoms with Gasteiger partial charge in [0, 0.05) is 0 Å². The summed E-state index contributed by atoms with van der Waals surface area (Å²) >= 11 is 0. The molecule has 114 valence electrons. The molecule has 1 rings (SSSR count). The molecule has 0 heterocycles. The Balaban J connectivity index is 2.92. The highest BCUT2D eigenvalue weighted by molar-refractivity contribution is 5.85. The smallest absolute Gasteiger partial charge is 0.241 e. The van der Waals surface area contributed by atoms with E-state index in [1.54, 1.807) is 0 Å². The maximum atomic E-state index is 12.6. The molecule has 2 N–H and O–H groups in total.